The van der Waals surface area contributed by atoms with E-state index in [4.69, 9.17) is 9.47 Å². The van der Waals surface area contributed by atoms with Crippen LogP contribution in [0.2, 0.25) is 0 Å². The Balaban J connectivity index is 0.000000231. The summed E-state index contributed by atoms with van der Waals surface area (Å²) in [5, 5.41) is 0. The molecule has 0 N–H and O–H groups in total. The average Bonchev–Trinajstić information content (AvgIpc) is 2.99. The van der Waals surface area contributed by atoms with Gasteiger partial charge in [-0.05, 0) is 55.8 Å². The third-order valence-corrected chi connectivity index (χ3v) is 6.32. The average molecular weight is 327 g/mol. The lowest BCUT2D eigenvalue weighted by molar-refractivity contribution is -0.137. The molecule has 138 valence electrons. The highest BCUT2D eigenvalue weighted by molar-refractivity contribution is 4.90. The maximum absolute atomic E-state index is 5.99. The van der Waals surface area contributed by atoms with Gasteiger partial charge < -0.3 is 9.47 Å². The van der Waals surface area contributed by atoms with Gasteiger partial charge in [0.1, 0.15) is 0 Å². The minimum absolute atomic E-state index is 0.179. The lowest BCUT2D eigenvalue weighted by Gasteiger charge is -2.44. The van der Waals surface area contributed by atoms with Crippen molar-refractivity contribution in [3.8, 4) is 0 Å². The maximum atomic E-state index is 5.99. The minimum Gasteiger partial charge on any atom is -0.374 e. The van der Waals surface area contributed by atoms with E-state index in [1.807, 2.05) is 0 Å². The Bertz CT molecular complexity index is 299. The van der Waals surface area contributed by atoms with E-state index in [0.717, 1.165) is 13.2 Å². The Morgan fingerprint density at radius 2 is 0.870 bits per heavy atom. The molecule has 2 aliphatic rings. The molecule has 0 unspecified atom stereocenters. The smallest absolute Gasteiger partial charge is 0.0728 e. The Morgan fingerprint density at radius 3 is 1.04 bits per heavy atom. The Morgan fingerprint density at radius 1 is 0.522 bits per heavy atom. The molecule has 0 aromatic carbocycles. The summed E-state index contributed by atoms with van der Waals surface area (Å²) in [6.45, 7) is 20.1. The molecule has 2 heteroatoms. The fourth-order valence-corrected chi connectivity index (χ4v) is 4.68. The fraction of sp³-hybridized carbons (Fsp3) is 1.00. The van der Waals surface area contributed by atoms with Gasteiger partial charge in [-0.25, -0.2) is 0 Å². The van der Waals surface area contributed by atoms with Crippen molar-refractivity contribution < 1.29 is 9.47 Å². The van der Waals surface area contributed by atoms with Crippen molar-refractivity contribution in [2.45, 2.75) is 98.7 Å². The highest BCUT2D eigenvalue weighted by atomic mass is 16.5. The second-order valence-electron chi connectivity index (χ2n) is 8.79. The summed E-state index contributed by atoms with van der Waals surface area (Å²) < 4.78 is 11.9. The monoisotopic (exact) mass is 326 g/mol. The number of hydrogen-bond donors (Lipinski definition) is 0. The predicted molar refractivity (Wildman–Crippen MR) is 99.8 cm³/mol. The number of ether oxygens (including phenoxy) is 2. The van der Waals surface area contributed by atoms with Gasteiger partial charge in [0, 0.05) is 13.2 Å². The van der Waals surface area contributed by atoms with Gasteiger partial charge >= 0.3 is 0 Å². The molecule has 2 heterocycles. The first kappa shape index (κ1) is 21.0. The maximum Gasteiger partial charge on any atom is 0.0728 e. The van der Waals surface area contributed by atoms with Crippen LogP contribution in [0.1, 0.15) is 87.5 Å². The fourth-order valence-electron chi connectivity index (χ4n) is 4.68. The molecule has 2 aliphatic heterocycles. The van der Waals surface area contributed by atoms with Crippen molar-refractivity contribution in [2.24, 2.45) is 23.7 Å². The first-order valence-corrected chi connectivity index (χ1v) is 9.97. The van der Waals surface area contributed by atoms with Crippen LogP contribution in [0.5, 0.6) is 0 Å². The Kier molecular flexibility index (Phi) is 8.07. The summed E-state index contributed by atoms with van der Waals surface area (Å²) in [7, 11) is 0. The molecule has 2 saturated heterocycles. The zero-order valence-electron chi connectivity index (χ0n) is 17.1. The van der Waals surface area contributed by atoms with E-state index in [0.29, 0.717) is 23.7 Å². The van der Waals surface area contributed by atoms with Gasteiger partial charge in [0.15, 0.2) is 0 Å². The summed E-state index contributed by atoms with van der Waals surface area (Å²) >= 11 is 0. The van der Waals surface area contributed by atoms with Crippen LogP contribution in [0.15, 0.2) is 0 Å². The van der Waals surface area contributed by atoms with E-state index in [2.05, 4.69) is 55.4 Å². The number of hydrogen-bond acceptors (Lipinski definition) is 2. The van der Waals surface area contributed by atoms with Crippen LogP contribution in [-0.4, -0.2) is 24.4 Å². The largest absolute Gasteiger partial charge is 0.374 e. The summed E-state index contributed by atoms with van der Waals surface area (Å²) in [5.74, 6) is 2.62. The van der Waals surface area contributed by atoms with Crippen LogP contribution >= 0.6 is 0 Å². The third kappa shape index (κ3) is 4.72. The lowest BCUT2D eigenvalue weighted by atomic mass is 9.75. The highest BCUT2D eigenvalue weighted by Crippen LogP contribution is 2.39. The zero-order valence-corrected chi connectivity index (χ0v) is 17.1. The molecule has 0 aliphatic carbocycles. The van der Waals surface area contributed by atoms with Gasteiger partial charge in [0.2, 0.25) is 0 Å². The van der Waals surface area contributed by atoms with E-state index >= 15 is 0 Å². The Hall–Kier alpha value is -0.0800. The standard InChI is InChI=1S/C11H22O.C10H20O/c1-9(2)11(10(3)4)7-5-6-8-12-11;1-8(2)10(9(3)4)6-5-7-11-10/h9-10H,5-8H2,1-4H3;8-9H,5-7H2,1-4H3. The molecule has 0 atom stereocenters. The molecular formula is C21H42O2. The molecule has 0 aromatic heterocycles. The van der Waals surface area contributed by atoms with Crippen molar-refractivity contribution in [3.05, 3.63) is 0 Å². The van der Waals surface area contributed by atoms with E-state index in [1.54, 1.807) is 0 Å². The molecule has 0 saturated carbocycles. The van der Waals surface area contributed by atoms with Crippen LogP contribution < -0.4 is 0 Å². The van der Waals surface area contributed by atoms with E-state index < -0.39 is 0 Å². The van der Waals surface area contributed by atoms with Crippen molar-refractivity contribution in [1.82, 2.24) is 0 Å². The van der Waals surface area contributed by atoms with Crippen LogP contribution in [0.3, 0.4) is 0 Å². The van der Waals surface area contributed by atoms with Gasteiger partial charge in [-0.3, -0.25) is 0 Å². The minimum atomic E-state index is 0.179. The van der Waals surface area contributed by atoms with Crippen molar-refractivity contribution in [2.75, 3.05) is 13.2 Å². The van der Waals surface area contributed by atoms with E-state index in [9.17, 15) is 0 Å². The SMILES string of the molecule is CC(C)C1(C(C)C)CCCCO1.CC(C)C1(C(C)C)CCCO1. The molecular weight excluding hydrogens is 284 g/mol. The molecule has 23 heavy (non-hydrogen) atoms. The highest BCUT2D eigenvalue weighted by Gasteiger charge is 2.41. The quantitative estimate of drug-likeness (QED) is 0.623. The molecule has 2 rings (SSSR count). The van der Waals surface area contributed by atoms with Crippen molar-refractivity contribution >= 4 is 0 Å². The zero-order chi connectivity index (χ0) is 17.7. The molecule has 0 spiro atoms. The molecule has 0 amide bonds. The molecule has 2 fully saturated rings. The van der Waals surface area contributed by atoms with Gasteiger partial charge in [0.05, 0.1) is 11.2 Å². The summed E-state index contributed by atoms with van der Waals surface area (Å²) in [6.07, 6.45) is 6.35. The first-order chi connectivity index (χ1) is 10.7. The van der Waals surface area contributed by atoms with Crippen molar-refractivity contribution in [3.63, 3.8) is 0 Å². The van der Waals surface area contributed by atoms with Gasteiger partial charge in [-0.2, -0.15) is 0 Å². The summed E-state index contributed by atoms with van der Waals surface area (Å²) in [6, 6.07) is 0. The topological polar surface area (TPSA) is 18.5 Å². The lowest BCUT2D eigenvalue weighted by Crippen LogP contribution is -2.46. The normalized spacial score (nSPS) is 23.5. The van der Waals surface area contributed by atoms with Gasteiger partial charge in [0.25, 0.3) is 0 Å². The van der Waals surface area contributed by atoms with E-state index in [-0.39, 0.29) is 11.2 Å². The first-order valence-electron chi connectivity index (χ1n) is 9.97. The molecule has 0 aromatic rings. The van der Waals surface area contributed by atoms with Gasteiger partial charge in [-0.15, -0.1) is 0 Å². The van der Waals surface area contributed by atoms with Crippen LogP contribution in [0.4, 0.5) is 0 Å². The number of rotatable bonds is 4. The summed E-state index contributed by atoms with van der Waals surface area (Å²) in [5.41, 5.74) is 0.373. The second kappa shape index (κ2) is 8.85. The molecule has 2 nitrogen and oxygen atoms in total. The second-order valence-corrected chi connectivity index (χ2v) is 8.79. The summed E-state index contributed by atoms with van der Waals surface area (Å²) in [4.78, 5) is 0. The van der Waals surface area contributed by atoms with Crippen molar-refractivity contribution in [1.29, 1.82) is 0 Å². The van der Waals surface area contributed by atoms with Crippen LogP contribution in [0.25, 0.3) is 0 Å². The molecule has 0 radical (unpaired) electrons. The van der Waals surface area contributed by atoms with Crippen LogP contribution in [0, 0.1) is 23.7 Å². The predicted octanol–water partition coefficient (Wildman–Crippen LogP) is 6.09. The van der Waals surface area contributed by atoms with E-state index in [1.165, 1.54) is 32.1 Å². The molecule has 0 bridgehead atoms. The van der Waals surface area contributed by atoms with Crippen LogP contribution in [-0.2, 0) is 9.47 Å². The third-order valence-electron chi connectivity index (χ3n) is 6.32. The Labute approximate surface area is 145 Å². The van der Waals surface area contributed by atoms with Gasteiger partial charge in [-0.1, -0.05) is 55.4 Å².